The van der Waals surface area contributed by atoms with Crippen LogP contribution in [-0.2, 0) is 0 Å². The summed E-state index contributed by atoms with van der Waals surface area (Å²) in [5.74, 6) is -0.152. The summed E-state index contributed by atoms with van der Waals surface area (Å²) in [6.07, 6.45) is 0. The summed E-state index contributed by atoms with van der Waals surface area (Å²) < 4.78 is 0. The van der Waals surface area contributed by atoms with Crippen molar-refractivity contribution in [2.24, 2.45) is 0 Å². The summed E-state index contributed by atoms with van der Waals surface area (Å²) in [5.41, 5.74) is 3.22. The van der Waals surface area contributed by atoms with E-state index in [0.717, 1.165) is 22.2 Å². The summed E-state index contributed by atoms with van der Waals surface area (Å²) in [6, 6.07) is 14.9. The van der Waals surface area contributed by atoms with Gasteiger partial charge in [0.2, 0.25) is 0 Å². The van der Waals surface area contributed by atoms with Crippen LogP contribution >= 0.6 is 11.6 Å². The van der Waals surface area contributed by atoms with E-state index < -0.39 is 0 Å². The van der Waals surface area contributed by atoms with Crippen LogP contribution in [0, 0.1) is 6.92 Å². The number of hydrogen-bond acceptors (Lipinski definition) is 1. The van der Waals surface area contributed by atoms with Crippen LogP contribution in [0.3, 0.4) is 0 Å². The quantitative estimate of drug-likeness (QED) is 0.720. The minimum absolute atomic E-state index is 0.152. The van der Waals surface area contributed by atoms with Crippen molar-refractivity contribution in [3.05, 3.63) is 64.8 Å². The Labute approximate surface area is 121 Å². The molecule has 1 heterocycles. The van der Waals surface area contributed by atoms with Crippen LogP contribution in [0.4, 0.5) is 5.69 Å². The van der Waals surface area contributed by atoms with Crippen LogP contribution in [0.25, 0.3) is 10.9 Å². The number of amides is 1. The summed E-state index contributed by atoms with van der Waals surface area (Å²) in [5, 5.41) is 4.57. The Morgan fingerprint density at radius 1 is 1.10 bits per heavy atom. The number of para-hydroxylation sites is 1. The van der Waals surface area contributed by atoms with Gasteiger partial charge < -0.3 is 10.3 Å². The number of hydrogen-bond donors (Lipinski definition) is 2. The molecule has 3 nitrogen and oxygen atoms in total. The van der Waals surface area contributed by atoms with Gasteiger partial charge >= 0.3 is 0 Å². The lowest BCUT2D eigenvalue weighted by Crippen LogP contribution is -2.13. The minimum atomic E-state index is -0.152. The van der Waals surface area contributed by atoms with Gasteiger partial charge in [-0.3, -0.25) is 4.79 Å². The van der Waals surface area contributed by atoms with E-state index in [1.54, 1.807) is 24.3 Å². The fraction of sp³-hybridized carbons (Fsp3) is 0.0625. The van der Waals surface area contributed by atoms with Crippen LogP contribution in [0.5, 0.6) is 0 Å². The van der Waals surface area contributed by atoms with E-state index >= 15 is 0 Å². The first-order valence-electron chi connectivity index (χ1n) is 6.29. The number of benzene rings is 2. The number of H-pyrrole nitrogens is 1. The van der Waals surface area contributed by atoms with E-state index in [1.807, 2.05) is 31.2 Å². The van der Waals surface area contributed by atoms with Crippen molar-refractivity contribution < 1.29 is 4.79 Å². The van der Waals surface area contributed by atoms with Gasteiger partial charge in [0, 0.05) is 21.6 Å². The van der Waals surface area contributed by atoms with Crippen molar-refractivity contribution in [1.82, 2.24) is 4.98 Å². The molecule has 0 spiro atoms. The molecule has 3 rings (SSSR count). The van der Waals surface area contributed by atoms with Gasteiger partial charge in [-0.2, -0.15) is 0 Å². The Morgan fingerprint density at radius 2 is 1.80 bits per heavy atom. The highest BCUT2D eigenvalue weighted by atomic mass is 35.5. The zero-order valence-corrected chi connectivity index (χ0v) is 11.7. The van der Waals surface area contributed by atoms with E-state index in [9.17, 15) is 4.79 Å². The first-order chi connectivity index (χ1) is 9.65. The van der Waals surface area contributed by atoms with Gasteiger partial charge in [0.15, 0.2) is 0 Å². The Hall–Kier alpha value is -2.26. The lowest BCUT2D eigenvalue weighted by atomic mass is 10.1. The normalized spacial score (nSPS) is 10.7. The lowest BCUT2D eigenvalue weighted by molar-refractivity contribution is 0.102. The molecule has 2 aromatic carbocycles. The summed E-state index contributed by atoms with van der Waals surface area (Å²) in [6.45, 7) is 1.94. The van der Waals surface area contributed by atoms with Crippen LogP contribution in [0.15, 0.2) is 48.5 Å². The predicted molar refractivity (Wildman–Crippen MR) is 82.4 cm³/mol. The maximum atomic E-state index is 12.3. The van der Waals surface area contributed by atoms with E-state index in [2.05, 4.69) is 10.3 Å². The molecule has 0 fully saturated rings. The van der Waals surface area contributed by atoms with Crippen molar-refractivity contribution in [2.75, 3.05) is 5.32 Å². The van der Waals surface area contributed by atoms with Gasteiger partial charge in [0.05, 0.1) is 0 Å². The standard InChI is InChI=1S/C16H13ClN2O/c1-10-13-4-2-3-5-14(13)19-15(10)16(20)18-12-8-6-11(17)7-9-12/h2-9,19H,1H3,(H,18,20). The molecular formula is C16H13ClN2O. The van der Waals surface area contributed by atoms with Crippen LogP contribution in [-0.4, -0.2) is 10.9 Å². The van der Waals surface area contributed by atoms with Gasteiger partial charge in [-0.25, -0.2) is 0 Å². The maximum absolute atomic E-state index is 12.3. The molecule has 0 saturated heterocycles. The average molecular weight is 285 g/mol. The van der Waals surface area contributed by atoms with E-state index in [4.69, 9.17) is 11.6 Å². The Kier molecular flexibility index (Phi) is 3.20. The first-order valence-corrected chi connectivity index (χ1v) is 6.67. The number of nitrogens with one attached hydrogen (secondary N) is 2. The largest absolute Gasteiger partial charge is 0.350 e. The van der Waals surface area contributed by atoms with E-state index in [1.165, 1.54) is 0 Å². The summed E-state index contributed by atoms with van der Waals surface area (Å²) in [7, 11) is 0. The maximum Gasteiger partial charge on any atom is 0.272 e. The molecule has 0 unspecified atom stereocenters. The van der Waals surface area contributed by atoms with Gasteiger partial charge in [-0.1, -0.05) is 29.8 Å². The summed E-state index contributed by atoms with van der Waals surface area (Å²) >= 11 is 5.83. The first kappa shape index (κ1) is 12.8. The highest BCUT2D eigenvalue weighted by molar-refractivity contribution is 6.30. The van der Waals surface area contributed by atoms with Crippen LogP contribution in [0.2, 0.25) is 5.02 Å². The Balaban J connectivity index is 1.92. The smallest absolute Gasteiger partial charge is 0.272 e. The molecule has 0 radical (unpaired) electrons. The topological polar surface area (TPSA) is 44.9 Å². The molecule has 0 atom stereocenters. The molecular weight excluding hydrogens is 272 g/mol. The fourth-order valence-electron chi connectivity index (χ4n) is 2.24. The molecule has 0 saturated carbocycles. The van der Waals surface area contributed by atoms with E-state index in [-0.39, 0.29) is 5.91 Å². The van der Waals surface area contributed by atoms with Crippen molar-refractivity contribution >= 4 is 34.1 Å². The second-order valence-electron chi connectivity index (χ2n) is 4.63. The highest BCUT2D eigenvalue weighted by Crippen LogP contribution is 2.22. The second-order valence-corrected chi connectivity index (χ2v) is 5.07. The number of aromatic nitrogens is 1. The Morgan fingerprint density at radius 3 is 2.50 bits per heavy atom. The Bertz CT molecular complexity index is 775. The molecule has 4 heteroatoms. The third-order valence-electron chi connectivity index (χ3n) is 3.29. The molecule has 3 aromatic rings. The zero-order valence-electron chi connectivity index (χ0n) is 10.9. The fourth-order valence-corrected chi connectivity index (χ4v) is 2.36. The van der Waals surface area contributed by atoms with E-state index in [0.29, 0.717) is 10.7 Å². The summed E-state index contributed by atoms with van der Waals surface area (Å²) in [4.78, 5) is 15.5. The van der Waals surface area contributed by atoms with Gasteiger partial charge in [-0.05, 0) is 42.8 Å². The van der Waals surface area contributed by atoms with Crippen LogP contribution in [0.1, 0.15) is 16.1 Å². The predicted octanol–water partition coefficient (Wildman–Crippen LogP) is 4.38. The molecule has 0 bridgehead atoms. The number of aryl methyl sites for hydroxylation is 1. The SMILES string of the molecule is Cc1c(C(=O)Nc2ccc(Cl)cc2)[nH]c2ccccc12. The molecule has 1 aromatic heterocycles. The number of carbonyl (C=O) groups is 1. The molecule has 0 aliphatic heterocycles. The van der Waals surface area contributed by atoms with Crippen molar-refractivity contribution in [3.8, 4) is 0 Å². The van der Waals surface area contributed by atoms with Gasteiger partial charge in [-0.15, -0.1) is 0 Å². The third-order valence-corrected chi connectivity index (χ3v) is 3.55. The van der Waals surface area contributed by atoms with Crippen molar-refractivity contribution in [2.45, 2.75) is 6.92 Å². The number of halogens is 1. The monoisotopic (exact) mass is 284 g/mol. The number of rotatable bonds is 2. The second kappa shape index (κ2) is 5.02. The number of fused-ring (bicyclic) bond motifs is 1. The van der Waals surface area contributed by atoms with Crippen molar-refractivity contribution in [3.63, 3.8) is 0 Å². The third kappa shape index (κ3) is 2.28. The molecule has 0 aliphatic rings. The number of carbonyl (C=O) groups excluding carboxylic acids is 1. The minimum Gasteiger partial charge on any atom is -0.350 e. The van der Waals surface area contributed by atoms with Crippen LogP contribution < -0.4 is 5.32 Å². The molecule has 1 amide bonds. The molecule has 20 heavy (non-hydrogen) atoms. The molecule has 100 valence electrons. The van der Waals surface area contributed by atoms with Gasteiger partial charge in [0.25, 0.3) is 5.91 Å². The average Bonchev–Trinajstić information content (AvgIpc) is 2.79. The zero-order chi connectivity index (χ0) is 14.1. The lowest BCUT2D eigenvalue weighted by Gasteiger charge is -2.04. The number of aromatic amines is 1. The van der Waals surface area contributed by atoms with Gasteiger partial charge in [0.1, 0.15) is 5.69 Å². The van der Waals surface area contributed by atoms with Crippen molar-refractivity contribution in [1.29, 1.82) is 0 Å². The molecule has 0 aliphatic carbocycles. The highest BCUT2D eigenvalue weighted by Gasteiger charge is 2.14. The molecule has 2 N–H and O–H groups in total. The number of anilines is 1.